The van der Waals surface area contributed by atoms with Gasteiger partial charge >= 0.3 is 0 Å². The molecule has 5 nitrogen and oxygen atoms in total. The van der Waals surface area contributed by atoms with Crippen LogP contribution in [-0.2, 0) is 19.9 Å². The zero-order valence-corrected chi connectivity index (χ0v) is 24.0. The van der Waals surface area contributed by atoms with Crippen molar-refractivity contribution in [3.63, 3.8) is 0 Å². The van der Waals surface area contributed by atoms with Crippen LogP contribution >= 0.6 is 0 Å². The lowest BCUT2D eigenvalue weighted by Gasteiger charge is -2.32. The van der Waals surface area contributed by atoms with Crippen molar-refractivity contribution in [1.29, 1.82) is 0 Å². The summed E-state index contributed by atoms with van der Waals surface area (Å²) in [4.78, 5) is 28.1. The number of aryl methyl sites for hydroxylation is 1. The van der Waals surface area contributed by atoms with E-state index in [1.165, 1.54) is 18.5 Å². The molecule has 0 atom stereocenters. The Morgan fingerprint density at radius 1 is 0.775 bits per heavy atom. The fourth-order valence-electron chi connectivity index (χ4n) is 5.41. The number of hydrogen-bond acceptors (Lipinski definition) is 4. The summed E-state index contributed by atoms with van der Waals surface area (Å²) in [5, 5.41) is 3.41. The van der Waals surface area contributed by atoms with Gasteiger partial charge in [0.15, 0.2) is 11.6 Å². The Hall–Kier alpha value is -4.12. The van der Waals surface area contributed by atoms with Gasteiger partial charge in [-0.05, 0) is 98.3 Å². The number of hydrogen-bond donors (Lipinski definition) is 1. The molecule has 0 unspecified atom stereocenters. The molecule has 1 aromatic heterocycles. The summed E-state index contributed by atoms with van der Waals surface area (Å²) in [6, 6.07) is 26.1. The molecule has 0 bridgehead atoms. The molecule has 4 aromatic rings. The summed E-state index contributed by atoms with van der Waals surface area (Å²) in [5.74, 6) is 1.07. The van der Waals surface area contributed by atoms with Crippen molar-refractivity contribution in [1.82, 2.24) is 4.57 Å². The van der Waals surface area contributed by atoms with Gasteiger partial charge in [-0.1, -0.05) is 31.2 Å². The maximum Gasteiger partial charge on any atom is 0.169 e. The molecule has 1 N–H and O–H groups in total. The van der Waals surface area contributed by atoms with E-state index in [9.17, 15) is 9.59 Å². The van der Waals surface area contributed by atoms with Gasteiger partial charge in [0.1, 0.15) is 0 Å². The van der Waals surface area contributed by atoms with E-state index in [1.807, 2.05) is 87.6 Å². The normalized spacial score (nSPS) is 13.8. The van der Waals surface area contributed by atoms with Crippen LogP contribution in [-0.4, -0.2) is 29.2 Å². The molecule has 5 heteroatoms. The molecule has 40 heavy (non-hydrogen) atoms. The molecule has 0 aliphatic carbocycles. The fraction of sp³-hybridized carbons (Fsp3) is 0.314. The number of nitrogens with one attached hydrogen (secondary N) is 1. The topological polar surface area (TPSA) is 54.3 Å². The lowest BCUT2D eigenvalue weighted by Crippen LogP contribution is -2.32. The number of Topliss-reactive ketones (excluding diaryl/α,β-unsaturated/α-hetero) is 2. The lowest BCUT2D eigenvalue weighted by atomic mass is 9.98. The average Bonchev–Trinajstić information content (AvgIpc) is 3.23. The summed E-state index contributed by atoms with van der Waals surface area (Å²) in [7, 11) is 1.99. The minimum atomic E-state index is 0.130. The first-order valence-corrected chi connectivity index (χ1v) is 14.3. The summed E-state index contributed by atoms with van der Waals surface area (Å²) < 4.78 is 2.05. The van der Waals surface area contributed by atoms with Crippen molar-refractivity contribution in [2.24, 2.45) is 13.0 Å². The van der Waals surface area contributed by atoms with E-state index in [0.29, 0.717) is 12.8 Å². The van der Waals surface area contributed by atoms with Gasteiger partial charge in [-0.2, -0.15) is 0 Å². The van der Waals surface area contributed by atoms with E-state index in [4.69, 9.17) is 0 Å². The van der Waals surface area contributed by atoms with Gasteiger partial charge in [0.25, 0.3) is 0 Å². The molecule has 0 radical (unpaired) electrons. The van der Waals surface area contributed by atoms with Gasteiger partial charge in [0.2, 0.25) is 0 Å². The van der Waals surface area contributed by atoms with Crippen molar-refractivity contribution >= 4 is 28.6 Å². The molecule has 0 spiro atoms. The molecule has 1 aliphatic rings. The quantitative estimate of drug-likeness (QED) is 0.227. The van der Waals surface area contributed by atoms with E-state index in [2.05, 4.69) is 33.8 Å². The van der Waals surface area contributed by atoms with Crippen LogP contribution in [0, 0.1) is 19.8 Å². The predicted molar refractivity (Wildman–Crippen MR) is 164 cm³/mol. The number of nitrogens with zero attached hydrogens (tertiary/aromatic N) is 2. The van der Waals surface area contributed by atoms with Gasteiger partial charge in [-0.15, -0.1) is 0 Å². The Balaban J connectivity index is 1.13. The first kappa shape index (κ1) is 27.4. The van der Waals surface area contributed by atoms with Gasteiger partial charge < -0.3 is 14.8 Å². The Morgan fingerprint density at radius 2 is 1.30 bits per heavy atom. The molecular formula is C35H39N3O2. The molecule has 1 saturated heterocycles. The van der Waals surface area contributed by atoms with E-state index in [1.54, 1.807) is 0 Å². The second-order valence-electron chi connectivity index (χ2n) is 11.3. The average molecular weight is 534 g/mol. The van der Waals surface area contributed by atoms with E-state index >= 15 is 0 Å². The zero-order valence-electron chi connectivity index (χ0n) is 24.0. The maximum absolute atomic E-state index is 12.9. The Kier molecular flexibility index (Phi) is 8.20. The van der Waals surface area contributed by atoms with Crippen LogP contribution in [0.15, 0.2) is 78.9 Å². The number of rotatable bonds is 9. The highest BCUT2D eigenvalue weighted by Gasteiger charge is 2.17. The number of piperidine rings is 1. The molecule has 2 heterocycles. The molecule has 3 aromatic carbocycles. The van der Waals surface area contributed by atoms with Crippen LogP contribution in [0.2, 0.25) is 0 Å². The minimum Gasteiger partial charge on any atom is -0.372 e. The van der Waals surface area contributed by atoms with Crippen molar-refractivity contribution in [2.45, 2.75) is 46.5 Å². The highest BCUT2D eigenvalue weighted by atomic mass is 16.1. The van der Waals surface area contributed by atoms with Crippen LogP contribution < -0.4 is 10.2 Å². The summed E-state index contributed by atoms with van der Waals surface area (Å²) in [6.45, 7) is 8.50. The van der Waals surface area contributed by atoms with Gasteiger partial charge in [0.05, 0.1) is 0 Å². The Bertz CT molecular complexity index is 1470. The lowest BCUT2D eigenvalue weighted by molar-refractivity contribution is 0.0984. The number of carbonyl (C=O) groups is 2. The first-order valence-electron chi connectivity index (χ1n) is 14.3. The molecule has 206 valence electrons. The van der Waals surface area contributed by atoms with E-state index in [0.717, 1.165) is 64.0 Å². The van der Waals surface area contributed by atoms with Crippen molar-refractivity contribution in [3.05, 3.63) is 113 Å². The SMILES string of the molecule is Cc1cc(C(=O)Cc2ccc(Nc3ccc(CC(=O)c4ccc(N5CCC(C)CC5)cc4)cc3)cc2)c(C)n1C. The monoisotopic (exact) mass is 533 g/mol. The summed E-state index contributed by atoms with van der Waals surface area (Å²) in [6.07, 6.45) is 3.22. The Labute approximate surface area is 237 Å². The highest BCUT2D eigenvalue weighted by molar-refractivity contribution is 5.99. The number of benzene rings is 3. The van der Waals surface area contributed by atoms with E-state index in [-0.39, 0.29) is 11.6 Å². The van der Waals surface area contributed by atoms with Gasteiger partial charge in [-0.25, -0.2) is 0 Å². The predicted octanol–water partition coefficient (Wildman–Crippen LogP) is 7.47. The smallest absolute Gasteiger partial charge is 0.169 e. The maximum atomic E-state index is 12.9. The largest absolute Gasteiger partial charge is 0.372 e. The summed E-state index contributed by atoms with van der Waals surface area (Å²) in [5.41, 5.74) is 8.75. The van der Waals surface area contributed by atoms with Crippen molar-refractivity contribution in [3.8, 4) is 0 Å². The third kappa shape index (κ3) is 6.36. The number of carbonyl (C=O) groups excluding carboxylic acids is 2. The highest BCUT2D eigenvalue weighted by Crippen LogP contribution is 2.24. The molecule has 1 aliphatic heterocycles. The number of aromatic nitrogens is 1. The van der Waals surface area contributed by atoms with Gasteiger partial charge in [-0.3, -0.25) is 9.59 Å². The van der Waals surface area contributed by atoms with Crippen LogP contribution in [0.3, 0.4) is 0 Å². The van der Waals surface area contributed by atoms with E-state index < -0.39 is 0 Å². The van der Waals surface area contributed by atoms with Crippen LogP contribution in [0.5, 0.6) is 0 Å². The molecule has 1 fully saturated rings. The summed E-state index contributed by atoms with van der Waals surface area (Å²) >= 11 is 0. The number of anilines is 3. The second-order valence-corrected chi connectivity index (χ2v) is 11.3. The zero-order chi connectivity index (χ0) is 28.2. The Morgan fingerprint density at radius 3 is 1.80 bits per heavy atom. The number of ketones is 2. The van der Waals surface area contributed by atoms with Crippen LogP contribution in [0.4, 0.5) is 17.1 Å². The standard InChI is InChI=1S/C35H39N3O2/c1-24-17-19-38(20-18-24)32-15-9-29(10-16-32)34(39)22-27-5-11-30(12-6-27)36-31-13-7-28(8-14-31)23-35(40)33-21-25(2)37(4)26(33)3/h5-16,21,24,36H,17-20,22-23H2,1-4H3. The molecule has 5 rings (SSSR count). The molecular weight excluding hydrogens is 494 g/mol. The fourth-order valence-corrected chi connectivity index (χ4v) is 5.41. The van der Waals surface area contributed by atoms with Crippen LogP contribution in [0.25, 0.3) is 0 Å². The third-order valence-corrected chi connectivity index (χ3v) is 8.34. The minimum absolute atomic E-state index is 0.130. The molecule has 0 amide bonds. The second kappa shape index (κ2) is 12.0. The van der Waals surface area contributed by atoms with Crippen molar-refractivity contribution < 1.29 is 9.59 Å². The van der Waals surface area contributed by atoms with Gasteiger partial charge in [0, 0.05) is 72.6 Å². The third-order valence-electron chi connectivity index (χ3n) is 8.34. The first-order chi connectivity index (χ1) is 19.3. The van der Waals surface area contributed by atoms with Crippen molar-refractivity contribution in [2.75, 3.05) is 23.3 Å². The van der Waals surface area contributed by atoms with Crippen LogP contribution in [0.1, 0.15) is 63.0 Å². The molecule has 0 saturated carbocycles.